The van der Waals surface area contributed by atoms with Crippen LogP contribution in [-0.2, 0) is 0 Å². The van der Waals surface area contributed by atoms with Gasteiger partial charge in [0.2, 0.25) is 5.95 Å². The number of anilines is 3. The lowest BCUT2D eigenvalue weighted by atomic mass is 10.1. The van der Waals surface area contributed by atoms with Crippen molar-refractivity contribution < 1.29 is 9.52 Å². The molecular weight excluding hydrogens is 446 g/mol. The van der Waals surface area contributed by atoms with E-state index >= 15 is 0 Å². The van der Waals surface area contributed by atoms with Gasteiger partial charge in [-0.15, -0.1) is 0 Å². The lowest BCUT2D eigenvalue weighted by Gasteiger charge is -2.36. The highest BCUT2D eigenvalue weighted by molar-refractivity contribution is 5.99. The Labute approximate surface area is 204 Å². The number of hydrogen-bond donors (Lipinski definition) is 5. The molecule has 1 fully saturated rings. The molecule has 0 saturated carbocycles. The fourth-order valence-electron chi connectivity index (χ4n) is 3.96. The van der Waals surface area contributed by atoms with Gasteiger partial charge >= 0.3 is 0 Å². The van der Waals surface area contributed by atoms with Crippen LogP contribution in [0.15, 0.2) is 52.1 Å². The maximum absolute atomic E-state index is 9.86. The maximum atomic E-state index is 9.86. The Bertz CT molecular complexity index is 1170. The third-order valence-corrected chi connectivity index (χ3v) is 5.90. The molecule has 11 heteroatoms. The van der Waals surface area contributed by atoms with Crippen LogP contribution in [0.1, 0.15) is 29.9 Å². The molecule has 1 atom stereocenters. The second-order valence-corrected chi connectivity index (χ2v) is 8.31. The molecule has 35 heavy (non-hydrogen) atoms. The van der Waals surface area contributed by atoms with Crippen LogP contribution in [-0.4, -0.2) is 71.3 Å². The zero-order valence-electron chi connectivity index (χ0n) is 19.7. The molecule has 0 bridgehead atoms. The Morgan fingerprint density at radius 2 is 2.06 bits per heavy atom. The molecule has 3 aromatic rings. The minimum atomic E-state index is -0.475. The van der Waals surface area contributed by atoms with Crippen molar-refractivity contribution in [3.8, 4) is 0 Å². The van der Waals surface area contributed by atoms with Gasteiger partial charge in [0.1, 0.15) is 5.82 Å². The number of hydrogen-bond acceptors (Lipinski definition) is 10. The summed E-state index contributed by atoms with van der Waals surface area (Å²) in [4.78, 5) is 17.4. The van der Waals surface area contributed by atoms with Crippen LogP contribution in [0.5, 0.6) is 0 Å². The molecular formula is C24H31N9O2. The van der Waals surface area contributed by atoms with Crippen LogP contribution in [0.3, 0.4) is 0 Å². The van der Waals surface area contributed by atoms with Crippen molar-refractivity contribution >= 4 is 35.3 Å². The normalized spacial score (nSPS) is 15.7. The van der Waals surface area contributed by atoms with Crippen LogP contribution < -0.4 is 21.7 Å². The van der Waals surface area contributed by atoms with Crippen molar-refractivity contribution in [2.75, 3.05) is 55.2 Å². The molecule has 1 aliphatic rings. The van der Waals surface area contributed by atoms with Gasteiger partial charge in [0.05, 0.1) is 17.9 Å². The van der Waals surface area contributed by atoms with E-state index in [9.17, 15) is 5.11 Å². The topological polar surface area (TPSA) is 166 Å². The number of nitrogens with one attached hydrogen (secondary N) is 2. The molecule has 3 heterocycles. The summed E-state index contributed by atoms with van der Waals surface area (Å²) in [6.45, 7) is 6.84. The lowest BCUT2D eigenvalue weighted by molar-refractivity contribution is 0.199. The van der Waals surface area contributed by atoms with Crippen molar-refractivity contribution in [2.24, 2.45) is 10.7 Å². The monoisotopic (exact) mass is 477 g/mol. The summed E-state index contributed by atoms with van der Waals surface area (Å²) in [5.41, 5.74) is 14.4. The van der Waals surface area contributed by atoms with E-state index in [1.165, 1.54) is 6.26 Å². The number of aliphatic hydroxyl groups is 1. The Hall–Kier alpha value is -3.96. The van der Waals surface area contributed by atoms with Gasteiger partial charge in [0.25, 0.3) is 0 Å². The van der Waals surface area contributed by atoms with Crippen molar-refractivity contribution in [3.05, 3.63) is 59.5 Å². The summed E-state index contributed by atoms with van der Waals surface area (Å²) in [6, 6.07) is 11.5. The smallest absolute Gasteiger partial charge is 0.224 e. The average Bonchev–Trinajstić information content (AvgIpc) is 3.40. The molecule has 0 aliphatic carbocycles. The number of furan rings is 1. The molecule has 0 amide bonds. The van der Waals surface area contributed by atoms with Crippen molar-refractivity contribution in [2.45, 2.75) is 13.0 Å². The minimum Gasteiger partial charge on any atom is -0.461 e. The summed E-state index contributed by atoms with van der Waals surface area (Å²) in [5.74, 6) is 1.23. The number of nitrogens with two attached hydrogens (primary N) is 2. The fraction of sp³-hybridized carbons (Fsp3) is 0.333. The van der Waals surface area contributed by atoms with Gasteiger partial charge < -0.3 is 36.6 Å². The summed E-state index contributed by atoms with van der Waals surface area (Å²) < 4.78 is 5.26. The van der Waals surface area contributed by atoms with Crippen molar-refractivity contribution in [1.82, 2.24) is 14.9 Å². The summed E-state index contributed by atoms with van der Waals surface area (Å²) in [5, 5.41) is 21.0. The van der Waals surface area contributed by atoms with Gasteiger partial charge in [-0.25, -0.2) is 4.99 Å². The third-order valence-electron chi connectivity index (χ3n) is 5.90. The molecule has 0 spiro atoms. The molecule has 1 aliphatic heterocycles. The highest BCUT2D eigenvalue weighted by Gasteiger charge is 2.18. The molecule has 1 aromatic carbocycles. The molecule has 184 valence electrons. The first-order valence-corrected chi connectivity index (χ1v) is 11.5. The van der Waals surface area contributed by atoms with Crippen LogP contribution in [0.25, 0.3) is 0 Å². The Kier molecular flexibility index (Phi) is 7.58. The molecule has 11 nitrogen and oxygen atoms in total. The average molecular weight is 478 g/mol. The first-order chi connectivity index (χ1) is 16.9. The summed E-state index contributed by atoms with van der Waals surface area (Å²) in [7, 11) is 0. The largest absolute Gasteiger partial charge is 0.461 e. The standard InChI is InChI=1S/C24H31N9O2/c1-16(34)17-4-2-5-18(14-17)33-11-9-32(10-12-33)8-7-28-22-19(15-25)23(31-24(27)30-22)29-21(26)20-6-3-13-35-20/h2-6,13-16,25,34H,7-12H2,1H3,(H5,26,27,28,29,30,31)/t16-/m1/s1. The summed E-state index contributed by atoms with van der Waals surface area (Å²) >= 11 is 0. The zero-order valence-corrected chi connectivity index (χ0v) is 19.7. The number of aliphatic imine (C=N–C) groups is 1. The van der Waals surface area contributed by atoms with E-state index < -0.39 is 6.10 Å². The molecule has 0 radical (unpaired) electrons. The molecule has 0 unspecified atom stereocenters. The van der Waals surface area contributed by atoms with Gasteiger partial charge in [-0.05, 0) is 36.8 Å². The fourth-order valence-corrected chi connectivity index (χ4v) is 3.96. The number of rotatable bonds is 9. The number of nitrogen functional groups attached to an aromatic ring is 1. The van der Waals surface area contributed by atoms with E-state index in [1.807, 2.05) is 12.1 Å². The number of aromatic nitrogens is 2. The minimum absolute atomic E-state index is 0.0390. The number of amidine groups is 1. The van der Waals surface area contributed by atoms with Gasteiger partial charge in [-0.1, -0.05) is 12.1 Å². The van der Waals surface area contributed by atoms with Gasteiger partial charge in [-0.2, -0.15) is 9.97 Å². The van der Waals surface area contributed by atoms with E-state index in [4.69, 9.17) is 21.3 Å². The Balaban J connectivity index is 1.35. The van der Waals surface area contributed by atoms with E-state index in [0.29, 0.717) is 23.7 Å². The quantitative estimate of drug-likeness (QED) is 0.229. The van der Waals surface area contributed by atoms with E-state index in [-0.39, 0.29) is 17.6 Å². The van der Waals surface area contributed by atoms with Gasteiger partial charge in [-0.3, -0.25) is 4.90 Å². The van der Waals surface area contributed by atoms with E-state index in [2.05, 4.69) is 42.2 Å². The first kappa shape index (κ1) is 24.2. The highest BCUT2D eigenvalue weighted by Crippen LogP contribution is 2.24. The van der Waals surface area contributed by atoms with Crippen LogP contribution in [0.4, 0.5) is 23.3 Å². The van der Waals surface area contributed by atoms with E-state index in [1.54, 1.807) is 19.1 Å². The Morgan fingerprint density at radius 1 is 1.26 bits per heavy atom. The van der Waals surface area contributed by atoms with Crippen LogP contribution in [0, 0.1) is 5.41 Å². The first-order valence-electron chi connectivity index (χ1n) is 11.5. The van der Waals surface area contributed by atoms with Crippen LogP contribution in [0.2, 0.25) is 0 Å². The summed E-state index contributed by atoms with van der Waals surface area (Å²) in [6.07, 6.45) is 2.16. The molecule has 1 saturated heterocycles. The number of aliphatic hydroxyl groups excluding tert-OH is 1. The second-order valence-electron chi connectivity index (χ2n) is 8.31. The molecule has 7 N–H and O–H groups in total. The molecule has 2 aromatic heterocycles. The second kappa shape index (κ2) is 11.0. The number of piperazine rings is 1. The third kappa shape index (κ3) is 5.94. The van der Waals surface area contributed by atoms with Gasteiger partial charge in [0, 0.05) is 51.2 Å². The van der Waals surface area contributed by atoms with Crippen molar-refractivity contribution in [3.63, 3.8) is 0 Å². The Morgan fingerprint density at radius 3 is 2.74 bits per heavy atom. The molecule has 4 rings (SSSR count). The number of nitrogens with zero attached hydrogens (tertiary/aromatic N) is 5. The SMILES string of the molecule is C[C@@H](O)c1cccc(N2CCN(CCNc3nc(N)nc(N=C(N)c4ccco4)c3C=N)CC2)c1. The predicted molar refractivity (Wildman–Crippen MR) is 138 cm³/mol. The lowest BCUT2D eigenvalue weighted by Crippen LogP contribution is -2.47. The maximum Gasteiger partial charge on any atom is 0.224 e. The highest BCUT2D eigenvalue weighted by atomic mass is 16.3. The number of benzene rings is 1. The predicted octanol–water partition coefficient (Wildman–Crippen LogP) is 1.97. The van der Waals surface area contributed by atoms with Crippen molar-refractivity contribution in [1.29, 1.82) is 5.41 Å². The van der Waals surface area contributed by atoms with Gasteiger partial charge in [0.15, 0.2) is 17.4 Å². The van der Waals surface area contributed by atoms with E-state index in [0.717, 1.165) is 50.2 Å². The zero-order chi connectivity index (χ0) is 24.8. The van der Waals surface area contributed by atoms with Crippen LogP contribution >= 0.6 is 0 Å².